The predicted octanol–water partition coefficient (Wildman–Crippen LogP) is 6.44. The molecule has 194 valence electrons. The summed E-state index contributed by atoms with van der Waals surface area (Å²) in [4.78, 5) is 13.4. The van der Waals surface area contributed by atoms with E-state index in [0.29, 0.717) is 17.6 Å². The van der Waals surface area contributed by atoms with Crippen LogP contribution in [0, 0.1) is 11.8 Å². The van der Waals surface area contributed by atoms with E-state index in [1.807, 2.05) is 42.5 Å². The van der Waals surface area contributed by atoms with Crippen molar-refractivity contribution in [3.8, 4) is 5.75 Å². The topological polar surface area (TPSA) is 49.3 Å². The second-order valence-corrected chi connectivity index (χ2v) is 12.0. The normalized spacial score (nSPS) is 27.5. The lowest BCUT2D eigenvalue weighted by molar-refractivity contribution is -0.935. The van der Waals surface area contributed by atoms with Crippen LogP contribution < -0.4 is 5.32 Å². The first-order valence-electron chi connectivity index (χ1n) is 13.9. The van der Waals surface area contributed by atoms with Crippen LogP contribution in [0.1, 0.15) is 55.5 Å². The number of quaternary nitrogens is 1. The number of benzene rings is 3. The molecular formula is C33H41N2O2+. The highest BCUT2D eigenvalue weighted by Crippen LogP contribution is 2.51. The number of phenolic OH excluding ortho intramolecular Hbond substituents is 1. The third kappa shape index (κ3) is 5.17. The van der Waals surface area contributed by atoms with Gasteiger partial charge in [0.05, 0.1) is 26.2 Å². The van der Waals surface area contributed by atoms with Gasteiger partial charge in [0, 0.05) is 35.3 Å². The fourth-order valence-electron chi connectivity index (χ4n) is 7.45. The van der Waals surface area contributed by atoms with Crippen molar-refractivity contribution in [2.45, 2.75) is 51.0 Å². The molecule has 1 amide bonds. The van der Waals surface area contributed by atoms with Crippen LogP contribution in [0.15, 0.2) is 79.4 Å². The lowest BCUT2D eigenvalue weighted by Crippen LogP contribution is -2.64. The summed E-state index contributed by atoms with van der Waals surface area (Å²) in [5.41, 5.74) is 1.90. The standard InChI is InChI=1S/C33H40N2O2/c1-4-17-35(22-24(2)3)18-16-33(28-10-7-11-31(36)20-28)21-30(15-14-29(33)23-35)34-32(37)27-13-12-25-8-5-6-9-26(25)19-27/h4-13,19-20,24,29-30H,1,14-18,21-23H2,2-3H3,(H-,34,36,37)/p+1/t29?,30-,33+,35-/m0/s1. The zero-order chi connectivity index (χ0) is 26.0. The van der Waals surface area contributed by atoms with Gasteiger partial charge in [-0.15, -0.1) is 0 Å². The lowest BCUT2D eigenvalue weighted by Gasteiger charge is -2.56. The van der Waals surface area contributed by atoms with Crippen molar-refractivity contribution >= 4 is 16.7 Å². The summed E-state index contributed by atoms with van der Waals surface area (Å²) in [6, 6.07) is 22.1. The molecule has 2 aliphatic rings. The van der Waals surface area contributed by atoms with Crippen LogP contribution in [0.25, 0.3) is 10.8 Å². The van der Waals surface area contributed by atoms with Gasteiger partial charge >= 0.3 is 0 Å². The van der Waals surface area contributed by atoms with Gasteiger partial charge in [-0.2, -0.15) is 0 Å². The highest BCUT2D eigenvalue weighted by molar-refractivity contribution is 5.98. The van der Waals surface area contributed by atoms with Gasteiger partial charge in [-0.05, 0) is 65.9 Å². The minimum atomic E-state index is -0.0434. The molecule has 1 aliphatic carbocycles. The van der Waals surface area contributed by atoms with E-state index >= 15 is 0 Å². The largest absolute Gasteiger partial charge is 0.508 e. The zero-order valence-electron chi connectivity index (χ0n) is 22.3. The van der Waals surface area contributed by atoms with Gasteiger partial charge in [-0.3, -0.25) is 4.79 Å². The Morgan fingerprint density at radius 3 is 2.68 bits per heavy atom. The summed E-state index contributed by atoms with van der Waals surface area (Å²) < 4.78 is 1.10. The Hall–Kier alpha value is -3.11. The second-order valence-electron chi connectivity index (χ2n) is 12.0. The van der Waals surface area contributed by atoms with Gasteiger partial charge in [0.2, 0.25) is 0 Å². The molecule has 4 atom stereocenters. The van der Waals surface area contributed by atoms with Crippen LogP contribution in [0.3, 0.4) is 0 Å². The van der Waals surface area contributed by atoms with E-state index in [2.05, 4.69) is 50.0 Å². The van der Waals surface area contributed by atoms with Crippen LogP contribution in [0.2, 0.25) is 0 Å². The van der Waals surface area contributed by atoms with Crippen LogP contribution >= 0.6 is 0 Å². The van der Waals surface area contributed by atoms with E-state index in [1.165, 1.54) is 12.1 Å². The number of hydrogen-bond donors (Lipinski definition) is 2. The van der Waals surface area contributed by atoms with Gasteiger partial charge in [0.25, 0.3) is 5.91 Å². The molecule has 3 aromatic rings. The maximum Gasteiger partial charge on any atom is 0.251 e. The fourth-order valence-corrected chi connectivity index (χ4v) is 7.45. The molecule has 3 aromatic carbocycles. The van der Waals surface area contributed by atoms with Crippen molar-refractivity contribution in [3.05, 3.63) is 90.5 Å². The van der Waals surface area contributed by atoms with Crippen LogP contribution in [-0.4, -0.2) is 47.7 Å². The monoisotopic (exact) mass is 497 g/mol. The third-order valence-electron chi connectivity index (χ3n) is 8.93. The van der Waals surface area contributed by atoms with Crippen molar-refractivity contribution < 1.29 is 14.4 Å². The van der Waals surface area contributed by atoms with E-state index in [0.717, 1.165) is 66.1 Å². The Morgan fingerprint density at radius 2 is 1.92 bits per heavy atom. The van der Waals surface area contributed by atoms with Crippen LogP contribution in [-0.2, 0) is 5.41 Å². The number of fused-ring (bicyclic) bond motifs is 2. The average Bonchev–Trinajstić information content (AvgIpc) is 2.88. The number of rotatable bonds is 7. The summed E-state index contributed by atoms with van der Waals surface area (Å²) >= 11 is 0. The fraction of sp³-hybridized carbons (Fsp3) is 0.424. The minimum absolute atomic E-state index is 0.00710. The molecule has 4 heteroatoms. The van der Waals surface area contributed by atoms with Crippen LogP contribution in [0.4, 0.5) is 0 Å². The molecule has 5 rings (SSSR count). The van der Waals surface area contributed by atoms with E-state index in [1.54, 1.807) is 6.07 Å². The number of amides is 1. The maximum absolute atomic E-state index is 13.4. The number of aromatic hydroxyl groups is 1. The predicted molar refractivity (Wildman–Crippen MR) is 152 cm³/mol. The average molecular weight is 498 g/mol. The smallest absolute Gasteiger partial charge is 0.251 e. The lowest BCUT2D eigenvalue weighted by atomic mass is 9.57. The number of nitrogens with zero attached hydrogens (tertiary/aromatic N) is 1. The number of carbonyl (C=O) groups excluding carboxylic acids is 1. The van der Waals surface area contributed by atoms with Gasteiger partial charge in [0.1, 0.15) is 5.75 Å². The van der Waals surface area contributed by atoms with Crippen molar-refractivity contribution in [2.24, 2.45) is 11.8 Å². The van der Waals surface area contributed by atoms with Crippen molar-refractivity contribution in [3.63, 3.8) is 0 Å². The molecule has 4 nitrogen and oxygen atoms in total. The quantitative estimate of drug-likeness (QED) is 0.291. The molecule has 1 saturated carbocycles. The molecule has 1 heterocycles. The highest BCUT2D eigenvalue weighted by Gasteiger charge is 2.53. The Kier molecular flexibility index (Phi) is 7.13. The number of hydrogen-bond acceptors (Lipinski definition) is 2. The molecule has 0 radical (unpaired) electrons. The molecule has 0 aromatic heterocycles. The highest BCUT2D eigenvalue weighted by atomic mass is 16.3. The Bertz CT molecular complexity index is 1280. The third-order valence-corrected chi connectivity index (χ3v) is 8.93. The second kappa shape index (κ2) is 10.3. The Balaban J connectivity index is 1.41. The summed E-state index contributed by atoms with van der Waals surface area (Å²) in [5.74, 6) is 1.47. The van der Waals surface area contributed by atoms with Gasteiger partial charge in [-0.25, -0.2) is 0 Å². The summed E-state index contributed by atoms with van der Waals surface area (Å²) in [6.45, 7) is 13.1. The van der Waals surface area contributed by atoms with E-state index in [-0.39, 0.29) is 17.4 Å². The number of carbonyl (C=O) groups is 1. The van der Waals surface area contributed by atoms with E-state index in [9.17, 15) is 9.90 Å². The maximum atomic E-state index is 13.4. The summed E-state index contributed by atoms with van der Waals surface area (Å²) in [6.07, 6.45) is 6.13. The first-order valence-corrected chi connectivity index (χ1v) is 13.9. The first-order chi connectivity index (χ1) is 17.8. The van der Waals surface area contributed by atoms with Gasteiger partial charge in [-0.1, -0.05) is 62.9 Å². The molecular weight excluding hydrogens is 456 g/mol. The molecule has 1 unspecified atom stereocenters. The van der Waals surface area contributed by atoms with Crippen molar-refractivity contribution in [1.29, 1.82) is 0 Å². The Labute approximate surface area is 221 Å². The SMILES string of the molecule is C=CC[N@@+]1(CC(C)C)CC[C@]2(c3cccc(O)c3)C[C@@H](NC(=O)c3ccc4ccccc4c3)CCC2C1. The molecule has 2 fully saturated rings. The summed E-state index contributed by atoms with van der Waals surface area (Å²) in [5, 5.41) is 16.0. The molecule has 0 spiro atoms. The van der Waals surface area contributed by atoms with Gasteiger partial charge in [0.15, 0.2) is 0 Å². The van der Waals surface area contributed by atoms with Gasteiger partial charge < -0.3 is 14.9 Å². The molecule has 1 saturated heterocycles. The number of phenols is 1. The molecule has 37 heavy (non-hydrogen) atoms. The zero-order valence-corrected chi connectivity index (χ0v) is 22.3. The molecule has 1 aliphatic heterocycles. The van der Waals surface area contributed by atoms with Crippen LogP contribution in [0.5, 0.6) is 5.75 Å². The first kappa shape index (κ1) is 25.5. The summed E-state index contributed by atoms with van der Waals surface area (Å²) in [7, 11) is 0. The molecule has 2 N–H and O–H groups in total. The number of nitrogens with one attached hydrogen (secondary N) is 1. The number of piperidine rings is 1. The van der Waals surface area contributed by atoms with E-state index < -0.39 is 0 Å². The van der Waals surface area contributed by atoms with Crippen molar-refractivity contribution in [2.75, 3.05) is 26.2 Å². The Morgan fingerprint density at radius 1 is 1.11 bits per heavy atom. The van der Waals surface area contributed by atoms with Crippen molar-refractivity contribution in [1.82, 2.24) is 5.32 Å². The minimum Gasteiger partial charge on any atom is -0.508 e. The van der Waals surface area contributed by atoms with E-state index in [4.69, 9.17) is 0 Å². The molecule has 0 bridgehead atoms. The number of likely N-dealkylation sites (tertiary alicyclic amines) is 1.